The monoisotopic (exact) mass is 218 g/mol. The van der Waals surface area contributed by atoms with Gasteiger partial charge in [-0.1, -0.05) is 5.57 Å². The summed E-state index contributed by atoms with van der Waals surface area (Å²) in [7, 11) is 0. The third kappa shape index (κ3) is 4.43. The lowest BCUT2D eigenvalue weighted by atomic mass is 10.1. The SMILES string of the molecule is CC(CCC(C)O)=C1SCCCS1. The quantitative estimate of drug-likeness (QED) is 0.785. The largest absolute Gasteiger partial charge is 0.393 e. The summed E-state index contributed by atoms with van der Waals surface area (Å²) < 4.78 is 1.51. The van der Waals surface area contributed by atoms with E-state index in [4.69, 9.17) is 5.11 Å². The van der Waals surface area contributed by atoms with E-state index in [9.17, 15) is 0 Å². The maximum Gasteiger partial charge on any atom is 0.0515 e. The second kappa shape index (κ2) is 5.99. The first-order valence-electron chi connectivity index (χ1n) is 4.83. The molecule has 0 aromatic heterocycles. The minimum Gasteiger partial charge on any atom is -0.393 e. The lowest BCUT2D eigenvalue weighted by Gasteiger charge is -2.16. The Hall–Kier alpha value is 0.400. The van der Waals surface area contributed by atoms with Crippen molar-refractivity contribution in [3.05, 3.63) is 9.81 Å². The van der Waals surface area contributed by atoms with Crippen LogP contribution < -0.4 is 0 Å². The number of hydrogen-bond donors (Lipinski definition) is 1. The van der Waals surface area contributed by atoms with Crippen molar-refractivity contribution in [2.45, 2.75) is 39.2 Å². The Balaban J connectivity index is 2.37. The van der Waals surface area contributed by atoms with Crippen molar-refractivity contribution >= 4 is 23.5 Å². The van der Waals surface area contributed by atoms with Crippen LogP contribution in [0.2, 0.25) is 0 Å². The Bertz CT molecular complexity index is 179. The second-order valence-corrected chi connectivity index (χ2v) is 5.97. The number of rotatable bonds is 3. The van der Waals surface area contributed by atoms with Gasteiger partial charge in [-0.2, -0.15) is 0 Å². The number of hydrogen-bond acceptors (Lipinski definition) is 3. The minimum atomic E-state index is -0.158. The van der Waals surface area contributed by atoms with Crippen molar-refractivity contribution in [1.82, 2.24) is 0 Å². The molecule has 0 aromatic rings. The van der Waals surface area contributed by atoms with E-state index in [0.717, 1.165) is 12.8 Å². The smallest absolute Gasteiger partial charge is 0.0515 e. The summed E-state index contributed by atoms with van der Waals surface area (Å²) in [6.07, 6.45) is 3.13. The van der Waals surface area contributed by atoms with Gasteiger partial charge in [0, 0.05) is 4.24 Å². The molecule has 0 bridgehead atoms. The Labute approximate surface area is 89.4 Å². The molecule has 0 aromatic carbocycles. The number of allylic oxidation sites excluding steroid dienone is 1. The van der Waals surface area contributed by atoms with Crippen molar-refractivity contribution < 1.29 is 5.11 Å². The second-order valence-electron chi connectivity index (χ2n) is 3.51. The van der Waals surface area contributed by atoms with Crippen molar-refractivity contribution in [3.8, 4) is 0 Å². The first-order valence-corrected chi connectivity index (χ1v) is 6.80. The van der Waals surface area contributed by atoms with Crippen LogP contribution in [0.5, 0.6) is 0 Å². The number of thioether (sulfide) groups is 2. The van der Waals surface area contributed by atoms with Crippen LogP contribution >= 0.6 is 23.5 Å². The Morgan fingerprint density at radius 1 is 1.46 bits per heavy atom. The topological polar surface area (TPSA) is 20.2 Å². The first-order chi connectivity index (χ1) is 6.20. The van der Waals surface area contributed by atoms with Crippen molar-refractivity contribution in [3.63, 3.8) is 0 Å². The molecule has 0 saturated carbocycles. The van der Waals surface area contributed by atoms with Crippen LogP contribution in [0.3, 0.4) is 0 Å². The first kappa shape index (κ1) is 11.5. The van der Waals surface area contributed by atoms with E-state index in [1.165, 1.54) is 27.7 Å². The molecule has 13 heavy (non-hydrogen) atoms. The van der Waals surface area contributed by atoms with Crippen molar-refractivity contribution in [2.24, 2.45) is 0 Å². The third-order valence-corrected chi connectivity index (χ3v) is 4.95. The zero-order valence-electron chi connectivity index (χ0n) is 8.38. The van der Waals surface area contributed by atoms with Crippen LogP contribution in [-0.4, -0.2) is 22.7 Å². The normalized spacial score (nSPS) is 20.1. The predicted molar refractivity (Wildman–Crippen MR) is 63.1 cm³/mol. The van der Waals surface area contributed by atoms with Gasteiger partial charge in [-0.15, -0.1) is 23.5 Å². The molecule has 1 atom stereocenters. The molecule has 0 aliphatic carbocycles. The molecule has 0 radical (unpaired) electrons. The summed E-state index contributed by atoms with van der Waals surface area (Å²) in [4.78, 5) is 0. The Kier molecular flexibility index (Phi) is 5.29. The highest BCUT2D eigenvalue weighted by Crippen LogP contribution is 2.38. The molecule has 1 nitrogen and oxygen atoms in total. The zero-order valence-corrected chi connectivity index (χ0v) is 10.0. The fourth-order valence-corrected chi connectivity index (χ4v) is 3.87. The van der Waals surface area contributed by atoms with Crippen molar-refractivity contribution in [1.29, 1.82) is 0 Å². The van der Waals surface area contributed by atoms with E-state index < -0.39 is 0 Å². The Morgan fingerprint density at radius 3 is 2.62 bits per heavy atom. The predicted octanol–water partition coefficient (Wildman–Crippen LogP) is 3.25. The van der Waals surface area contributed by atoms with Gasteiger partial charge in [0.05, 0.1) is 6.10 Å². The molecule has 1 aliphatic heterocycles. The summed E-state index contributed by atoms with van der Waals surface area (Å²) in [5.41, 5.74) is 1.47. The van der Waals surface area contributed by atoms with Crippen LogP contribution in [0, 0.1) is 0 Å². The summed E-state index contributed by atoms with van der Waals surface area (Å²) in [5.74, 6) is 2.54. The molecule has 1 rings (SSSR count). The third-order valence-electron chi connectivity index (χ3n) is 2.04. The summed E-state index contributed by atoms with van der Waals surface area (Å²) in [6, 6.07) is 0. The van der Waals surface area contributed by atoms with E-state index in [2.05, 4.69) is 6.92 Å². The van der Waals surface area contributed by atoms with E-state index in [0.29, 0.717) is 0 Å². The van der Waals surface area contributed by atoms with Gasteiger partial charge < -0.3 is 5.11 Å². The van der Waals surface area contributed by atoms with E-state index in [-0.39, 0.29) is 6.10 Å². The molecule has 0 spiro atoms. The van der Waals surface area contributed by atoms with Gasteiger partial charge in [0.15, 0.2) is 0 Å². The van der Waals surface area contributed by atoms with E-state index >= 15 is 0 Å². The molecule has 1 aliphatic rings. The zero-order chi connectivity index (χ0) is 9.68. The molecular formula is C10H18OS2. The molecular weight excluding hydrogens is 200 g/mol. The maximum absolute atomic E-state index is 9.16. The van der Waals surface area contributed by atoms with Crippen LogP contribution in [0.15, 0.2) is 9.81 Å². The maximum atomic E-state index is 9.16. The lowest BCUT2D eigenvalue weighted by molar-refractivity contribution is 0.185. The highest BCUT2D eigenvalue weighted by atomic mass is 32.2. The Morgan fingerprint density at radius 2 is 2.08 bits per heavy atom. The highest BCUT2D eigenvalue weighted by molar-refractivity contribution is 8.22. The van der Waals surface area contributed by atoms with Crippen LogP contribution in [-0.2, 0) is 0 Å². The standard InChI is InChI=1S/C10H18OS2/c1-8(4-5-9(2)11)10-12-6-3-7-13-10/h9,11H,3-7H2,1-2H3. The van der Waals surface area contributed by atoms with Gasteiger partial charge in [0.1, 0.15) is 0 Å². The summed E-state index contributed by atoms with van der Waals surface area (Å²) in [5, 5.41) is 9.16. The average Bonchev–Trinajstić information content (AvgIpc) is 2.15. The molecule has 76 valence electrons. The molecule has 1 saturated heterocycles. The van der Waals surface area contributed by atoms with Gasteiger partial charge in [-0.25, -0.2) is 0 Å². The number of aliphatic hydroxyl groups excluding tert-OH is 1. The molecule has 3 heteroatoms. The summed E-state index contributed by atoms with van der Waals surface area (Å²) in [6.45, 7) is 4.06. The number of aliphatic hydroxyl groups is 1. The van der Waals surface area contributed by atoms with Gasteiger partial charge in [-0.3, -0.25) is 0 Å². The molecule has 1 unspecified atom stereocenters. The van der Waals surface area contributed by atoms with Gasteiger partial charge in [-0.05, 0) is 44.6 Å². The minimum absolute atomic E-state index is 0.158. The van der Waals surface area contributed by atoms with E-state index in [1.54, 1.807) is 0 Å². The van der Waals surface area contributed by atoms with Gasteiger partial charge >= 0.3 is 0 Å². The summed E-state index contributed by atoms with van der Waals surface area (Å²) >= 11 is 3.97. The molecule has 1 fully saturated rings. The van der Waals surface area contributed by atoms with Crippen LogP contribution in [0.25, 0.3) is 0 Å². The lowest BCUT2D eigenvalue weighted by Crippen LogP contribution is -2.00. The van der Waals surface area contributed by atoms with Gasteiger partial charge in [0.2, 0.25) is 0 Å². The fourth-order valence-electron chi connectivity index (χ4n) is 1.20. The van der Waals surface area contributed by atoms with Gasteiger partial charge in [0.25, 0.3) is 0 Å². The van der Waals surface area contributed by atoms with Crippen LogP contribution in [0.1, 0.15) is 33.1 Å². The van der Waals surface area contributed by atoms with Crippen molar-refractivity contribution in [2.75, 3.05) is 11.5 Å². The molecule has 1 heterocycles. The van der Waals surface area contributed by atoms with Crippen LogP contribution in [0.4, 0.5) is 0 Å². The molecule has 0 amide bonds. The van der Waals surface area contributed by atoms with E-state index in [1.807, 2.05) is 30.4 Å². The molecule has 1 N–H and O–H groups in total. The fraction of sp³-hybridized carbons (Fsp3) is 0.800. The highest BCUT2D eigenvalue weighted by Gasteiger charge is 2.10. The average molecular weight is 218 g/mol.